The lowest BCUT2D eigenvalue weighted by Crippen LogP contribution is -2.48. The Kier molecular flexibility index (Phi) is 10.6. The van der Waals surface area contributed by atoms with Crippen molar-refractivity contribution in [3.05, 3.63) is 35.4 Å². The molecular weight excluding hydrogens is 362 g/mol. The number of likely N-dealkylation sites (tertiary alicyclic amines) is 1. The van der Waals surface area contributed by atoms with Crippen molar-refractivity contribution in [1.82, 2.24) is 20.9 Å². The fraction of sp³-hybridized carbons (Fsp3) is 0.652. The van der Waals surface area contributed by atoms with Crippen molar-refractivity contribution in [1.29, 1.82) is 0 Å². The van der Waals surface area contributed by atoms with Gasteiger partial charge in [0.05, 0.1) is 6.54 Å². The number of unbranched alkanes of at least 4 members (excludes halogenated alkanes) is 1. The van der Waals surface area contributed by atoms with Crippen LogP contribution in [0.1, 0.15) is 68.8 Å². The lowest BCUT2D eigenvalue weighted by molar-refractivity contribution is 0.0953. The van der Waals surface area contributed by atoms with Crippen LogP contribution >= 0.6 is 0 Å². The summed E-state index contributed by atoms with van der Waals surface area (Å²) in [6, 6.07) is 8.23. The summed E-state index contributed by atoms with van der Waals surface area (Å²) in [7, 11) is 0. The van der Waals surface area contributed by atoms with Gasteiger partial charge in [-0.25, -0.2) is 4.99 Å². The summed E-state index contributed by atoms with van der Waals surface area (Å²) in [4.78, 5) is 19.4. The highest BCUT2D eigenvalue weighted by atomic mass is 16.1. The molecule has 29 heavy (non-hydrogen) atoms. The molecule has 1 aliphatic heterocycles. The van der Waals surface area contributed by atoms with Gasteiger partial charge in [0.1, 0.15) is 0 Å². The Balaban J connectivity index is 1.85. The largest absolute Gasteiger partial charge is 0.357 e. The van der Waals surface area contributed by atoms with E-state index in [-0.39, 0.29) is 5.91 Å². The van der Waals surface area contributed by atoms with Crippen LogP contribution < -0.4 is 16.0 Å². The highest BCUT2D eigenvalue weighted by Crippen LogP contribution is 2.11. The standard InChI is InChI=1S/C23H39N5O/c1-4-7-14-25-22(29)20-10-8-19(9-11-20)18-26-23(24-6-3)27-21-12-16-28(15-5-2)17-13-21/h8-11,21H,4-7,12-18H2,1-3H3,(H,25,29)(H2,24,26,27). The van der Waals surface area contributed by atoms with E-state index in [1.165, 1.54) is 13.0 Å². The maximum atomic E-state index is 12.1. The predicted molar refractivity (Wildman–Crippen MR) is 121 cm³/mol. The first kappa shape index (κ1) is 23.2. The van der Waals surface area contributed by atoms with Crippen molar-refractivity contribution in [3.8, 4) is 0 Å². The van der Waals surface area contributed by atoms with Gasteiger partial charge in [0.2, 0.25) is 0 Å². The van der Waals surface area contributed by atoms with Crippen LogP contribution in [0.5, 0.6) is 0 Å². The number of piperidine rings is 1. The summed E-state index contributed by atoms with van der Waals surface area (Å²) in [5, 5.41) is 9.90. The molecule has 2 rings (SSSR count). The van der Waals surface area contributed by atoms with Crippen LogP contribution in [-0.4, -0.2) is 55.5 Å². The normalized spacial score (nSPS) is 15.9. The molecule has 1 fully saturated rings. The van der Waals surface area contributed by atoms with Crippen LogP contribution in [0.15, 0.2) is 29.3 Å². The van der Waals surface area contributed by atoms with Gasteiger partial charge in [-0.1, -0.05) is 32.4 Å². The molecule has 6 nitrogen and oxygen atoms in total. The van der Waals surface area contributed by atoms with E-state index in [2.05, 4.69) is 41.6 Å². The zero-order valence-corrected chi connectivity index (χ0v) is 18.5. The monoisotopic (exact) mass is 401 g/mol. The summed E-state index contributed by atoms with van der Waals surface area (Å²) < 4.78 is 0. The maximum absolute atomic E-state index is 12.1. The van der Waals surface area contributed by atoms with E-state index in [1.54, 1.807) is 0 Å². The Labute approximate surface area is 176 Å². The molecule has 0 aliphatic carbocycles. The molecule has 0 spiro atoms. The number of aliphatic imine (C=N–C) groups is 1. The second-order valence-electron chi connectivity index (χ2n) is 7.76. The number of carbonyl (C=O) groups excluding carboxylic acids is 1. The van der Waals surface area contributed by atoms with E-state index in [0.29, 0.717) is 18.2 Å². The van der Waals surface area contributed by atoms with Crippen LogP contribution in [0.25, 0.3) is 0 Å². The molecule has 162 valence electrons. The lowest BCUT2D eigenvalue weighted by atomic mass is 10.1. The molecule has 1 amide bonds. The third kappa shape index (κ3) is 8.44. The molecule has 0 saturated carbocycles. The second-order valence-corrected chi connectivity index (χ2v) is 7.76. The van der Waals surface area contributed by atoms with E-state index < -0.39 is 0 Å². The average Bonchev–Trinajstić information content (AvgIpc) is 2.74. The van der Waals surface area contributed by atoms with Crippen molar-refractivity contribution in [2.75, 3.05) is 32.7 Å². The lowest BCUT2D eigenvalue weighted by Gasteiger charge is -2.32. The van der Waals surface area contributed by atoms with Crippen molar-refractivity contribution >= 4 is 11.9 Å². The van der Waals surface area contributed by atoms with E-state index in [4.69, 9.17) is 4.99 Å². The number of hydrogen-bond donors (Lipinski definition) is 3. The Bertz CT molecular complexity index is 621. The van der Waals surface area contributed by atoms with Gasteiger partial charge in [-0.2, -0.15) is 0 Å². The van der Waals surface area contributed by atoms with Gasteiger partial charge in [0.25, 0.3) is 5.91 Å². The first-order valence-corrected chi connectivity index (χ1v) is 11.3. The summed E-state index contributed by atoms with van der Waals surface area (Å²) in [5.41, 5.74) is 1.81. The second kappa shape index (κ2) is 13.2. The highest BCUT2D eigenvalue weighted by Gasteiger charge is 2.19. The summed E-state index contributed by atoms with van der Waals surface area (Å²) in [6.07, 6.45) is 5.63. The molecule has 1 aliphatic rings. The topological polar surface area (TPSA) is 68.8 Å². The third-order valence-corrected chi connectivity index (χ3v) is 5.26. The molecule has 0 unspecified atom stereocenters. The van der Waals surface area contributed by atoms with Crippen LogP contribution in [-0.2, 0) is 6.54 Å². The molecule has 3 N–H and O–H groups in total. The summed E-state index contributed by atoms with van der Waals surface area (Å²) in [5.74, 6) is 0.876. The number of guanidine groups is 1. The molecule has 0 radical (unpaired) electrons. The van der Waals surface area contributed by atoms with Crippen LogP contribution in [0, 0.1) is 0 Å². The minimum atomic E-state index is -0.00192. The molecule has 0 bridgehead atoms. The molecule has 0 aromatic heterocycles. The van der Waals surface area contributed by atoms with Gasteiger partial charge in [-0.15, -0.1) is 0 Å². The molecule has 1 aromatic rings. The summed E-state index contributed by atoms with van der Waals surface area (Å²) in [6.45, 7) is 12.1. The van der Waals surface area contributed by atoms with Gasteiger partial charge in [-0.05, 0) is 56.8 Å². The fourth-order valence-corrected chi connectivity index (χ4v) is 3.54. The summed E-state index contributed by atoms with van der Waals surface area (Å²) >= 11 is 0. The van der Waals surface area contributed by atoms with Crippen molar-refractivity contribution < 1.29 is 4.79 Å². The molecule has 1 heterocycles. The number of nitrogens with zero attached hydrogens (tertiary/aromatic N) is 2. The average molecular weight is 402 g/mol. The predicted octanol–water partition coefficient (Wildman–Crippen LogP) is 3.15. The molecule has 6 heteroatoms. The smallest absolute Gasteiger partial charge is 0.251 e. The van der Waals surface area contributed by atoms with Crippen LogP contribution in [0.3, 0.4) is 0 Å². The Hall–Kier alpha value is -2.08. The number of benzene rings is 1. The first-order chi connectivity index (χ1) is 14.2. The zero-order chi connectivity index (χ0) is 20.9. The number of nitrogens with one attached hydrogen (secondary N) is 3. The quantitative estimate of drug-likeness (QED) is 0.320. The van der Waals surface area contributed by atoms with E-state index in [9.17, 15) is 4.79 Å². The van der Waals surface area contributed by atoms with Gasteiger partial charge in [-0.3, -0.25) is 4.79 Å². The molecule has 1 aromatic carbocycles. The third-order valence-electron chi connectivity index (χ3n) is 5.26. The zero-order valence-electron chi connectivity index (χ0n) is 18.5. The minimum Gasteiger partial charge on any atom is -0.357 e. The number of hydrogen-bond acceptors (Lipinski definition) is 3. The molecular formula is C23H39N5O. The fourth-order valence-electron chi connectivity index (χ4n) is 3.54. The van der Waals surface area contributed by atoms with E-state index >= 15 is 0 Å². The van der Waals surface area contributed by atoms with Crippen molar-refractivity contribution in [2.45, 2.75) is 65.5 Å². The van der Waals surface area contributed by atoms with E-state index in [0.717, 1.165) is 63.4 Å². The maximum Gasteiger partial charge on any atom is 0.251 e. The molecule has 1 saturated heterocycles. The van der Waals surface area contributed by atoms with E-state index in [1.807, 2.05) is 24.3 Å². The minimum absolute atomic E-state index is 0.00192. The Morgan fingerprint density at radius 3 is 2.41 bits per heavy atom. The van der Waals surface area contributed by atoms with Gasteiger partial charge in [0.15, 0.2) is 5.96 Å². The van der Waals surface area contributed by atoms with Crippen molar-refractivity contribution in [2.24, 2.45) is 4.99 Å². The Morgan fingerprint density at radius 2 is 1.79 bits per heavy atom. The highest BCUT2D eigenvalue weighted by molar-refractivity contribution is 5.94. The van der Waals surface area contributed by atoms with Gasteiger partial charge < -0.3 is 20.9 Å². The Morgan fingerprint density at radius 1 is 1.07 bits per heavy atom. The van der Waals surface area contributed by atoms with Crippen LogP contribution in [0.2, 0.25) is 0 Å². The molecule has 0 atom stereocenters. The van der Waals surface area contributed by atoms with Crippen molar-refractivity contribution in [3.63, 3.8) is 0 Å². The van der Waals surface area contributed by atoms with Gasteiger partial charge in [0, 0.05) is 37.8 Å². The van der Waals surface area contributed by atoms with Gasteiger partial charge >= 0.3 is 0 Å². The van der Waals surface area contributed by atoms with Crippen LogP contribution in [0.4, 0.5) is 0 Å². The number of rotatable bonds is 10. The SMILES string of the molecule is CCCCNC(=O)c1ccc(CN=C(NCC)NC2CCN(CCC)CC2)cc1. The number of amides is 1. The first-order valence-electron chi connectivity index (χ1n) is 11.3. The number of carbonyl (C=O) groups is 1.